The van der Waals surface area contributed by atoms with Crippen molar-refractivity contribution in [3.8, 4) is 11.1 Å². The number of amides is 2. The van der Waals surface area contributed by atoms with Crippen molar-refractivity contribution < 1.29 is 62.3 Å². The number of fused-ring (bicyclic) bond motifs is 3. The van der Waals surface area contributed by atoms with Crippen molar-refractivity contribution in [2.75, 3.05) is 13.2 Å². The largest absolute Gasteiger partial charge is 0.480 e. The maximum Gasteiger partial charge on any atom is 0.407 e. The van der Waals surface area contributed by atoms with Crippen LogP contribution in [-0.2, 0) is 52.4 Å². The summed E-state index contributed by atoms with van der Waals surface area (Å²) in [6.07, 6.45) is -7.98. The fourth-order valence-electron chi connectivity index (χ4n) is 5.84. The molecule has 2 aromatic rings. The summed E-state index contributed by atoms with van der Waals surface area (Å²) in [7, 11) is 0. The third-order valence-electron chi connectivity index (χ3n) is 7.77. The maximum absolute atomic E-state index is 13.0. The zero-order chi connectivity index (χ0) is 35.1. The number of hydrogen-bond acceptors (Lipinski definition) is 12. The van der Waals surface area contributed by atoms with Gasteiger partial charge in [0.2, 0.25) is 5.91 Å². The zero-order valence-electron chi connectivity index (χ0n) is 27.0. The molecule has 4 rings (SSSR count). The highest BCUT2D eigenvalue weighted by Gasteiger charge is 2.52. The van der Waals surface area contributed by atoms with Crippen LogP contribution >= 0.6 is 0 Å². The average Bonchev–Trinajstić information content (AvgIpc) is 3.33. The minimum atomic E-state index is -1.69. The van der Waals surface area contributed by atoms with Crippen molar-refractivity contribution in [2.24, 2.45) is 0 Å². The molecule has 48 heavy (non-hydrogen) atoms. The lowest BCUT2D eigenvalue weighted by atomic mass is 9.95. The van der Waals surface area contributed by atoms with E-state index in [9.17, 15) is 33.9 Å². The monoisotopic (exact) mass is 670 g/mol. The Balaban J connectivity index is 1.52. The molecule has 15 nitrogen and oxygen atoms in total. The van der Waals surface area contributed by atoms with E-state index >= 15 is 0 Å². The minimum absolute atomic E-state index is 0.0722. The third-order valence-corrected chi connectivity index (χ3v) is 7.77. The summed E-state index contributed by atoms with van der Waals surface area (Å²) in [4.78, 5) is 73.2. The molecule has 2 aromatic carbocycles. The van der Waals surface area contributed by atoms with Crippen molar-refractivity contribution in [1.82, 2.24) is 10.6 Å². The Morgan fingerprint density at radius 3 is 1.88 bits per heavy atom. The second-order valence-corrected chi connectivity index (χ2v) is 11.3. The van der Waals surface area contributed by atoms with Crippen molar-refractivity contribution in [3.63, 3.8) is 0 Å². The summed E-state index contributed by atoms with van der Waals surface area (Å²) in [5.74, 6) is -4.67. The number of ether oxygens (including phenoxy) is 6. The standard InChI is InChI=1S/C33H38N2O13/c1-16(27(31(40)41)35-33(42)44-14-25-23-12-8-6-10-21(23)22-11-7-9-13-24(22)25)45-32-28(34-17(2)36)30(47-20(5)39)29(46-19(4)38)26(48-32)15-43-18(3)37/h6-13,16,25-30,32H,14-15H2,1-5H3,(H,34,36)(H,35,42)(H,40,41). The Labute approximate surface area is 276 Å². The van der Waals surface area contributed by atoms with E-state index in [0.29, 0.717) is 0 Å². The van der Waals surface area contributed by atoms with Gasteiger partial charge in [-0.25, -0.2) is 9.59 Å². The molecule has 2 amide bonds. The Morgan fingerprint density at radius 2 is 1.35 bits per heavy atom. The summed E-state index contributed by atoms with van der Waals surface area (Å²) in [5, 5.41) is 14.9. The molecule has 0 saturated carbocycles. The fourth-order valence-corrected chi connectivity index (χ4v) is 5.84. The van der Waals surface area contributed by atoms with Crippen molar-refractivity contribution in [3.05, 3.63) is 59.7 Å². The van der Waals surface area contributed by atoms with Crippen LogP contribution in [0.1, 0.15) is 51.7 Å². The smallest absolute Gasteiger partial charge is 0.407 e. The van der Waals surface area contributed by atoms with Gasteiger partial charge in [0, 0.05) is 33.6 Å². The Kier molecular flexibility index (Phi) is 11.7. The number of hydrogen-bond donors (Lipinski definition) is 3. The van der Waals surface area contributed by atoms with Gasteiger partial charge < -0.3 is 44.2 Å². The first-order valence-electron chi connectivity index (χ1n) is 15.2. The average molecular weight is 671 g/mol. The van der Waals surface area contributed by atoms with Crippen LogP contribution in [0, 0.1) is 0 Å². The Bertz CT molecular complexity index is 1500. The van der Waals surface area contributed by atoms with E-state index in [-0.39, 0.29) is 12.5 Å². The molecule has 1 heterocycles. The molecule has 0 aromatic heterocycles. The van der Waals surface area contributed by atoms with E-state index in [1.807, 2.05) is 48.5 Å². The predicted octanol–water partition coefficient (Wildman–Crippen LogP) is 2.04. The number of aliphatic carboxylic acids is 1. The second-order valence-electron chi connectivity index (χ2n) is 11.3. The van der Waals surface area contributed by atoms with Crippen LogP contribution in [0.5, 0.6) is 0 Å². The van der Waals surface area contributed by atoms with E-state index in [1.165, 1.54) is 6.92 Å². The highest BCUT2D eigenvalue weighted by atomic mass is 16.7. The van der Waals surface area contributed by atoms with Gasteiger partial charge in [-0.15, -0.1) is 0 Å². The van der Waals surface area contributed by atoms with E-state index in [4.69, 9.17) is 28.4 Å². The van der Waals surface area contributed by atoms with Crippen LogP contribution in [-0.4, -0.2) is 97.0 Å². The molecular weight excluding hydrogens is 632 g/mol. The lowest BCUT2D eigenvalue weighted by Crippen LogP contribution is -2.67. The first-order chi connectivity index (χ1) is 22.8. The van der Waals surface area contributed by atoms with Crippen molar-refractivity contribution in [2.45, 2.75) is 83.3 Å². The lowest BCUT2D eigenvalue weighted by molar-refractivity contribution is -0.287. The van der Waals surface area contributed by atoms with Gasteiger partial charge in [-0.1, -0.05) is 48.5 Å². The molecule has 3 N–H and O–H groups in total. The van der Waals surface area contributed by atoms with Gasteiger partial charge in [-0.3, -0.25) is 19.2 Å². The zero-order valence-corrected chi connectivity index (χ0v) is 27.0. The molecule has 0 radical (unpaired) electrons. The molecule has 258 valence electrons. The first-order valence-corrected chi connectivity index (χ1v) is 15.2. The van der Waals surface area contributed by atoms with Crippen LogP contribution < -0.4 is 10.6 Å². The van der Waals surface area contributed by atoms with Gasteiger partial charge in [0.05, 0.1) is 6.10 Å². The van der Waals surface area contributed by atoms with Gasteiger partial charge in [-0.2, -0.15) is 0 Å². The normalized spacial score (nSPS) is 22.6. The molecule has 7 unspecified atom stereocenters. The first kappa shape index (κ1) is 35.8. The number of rotatable bonds is 12. The molecule has 15 heteroatoms. The molecule has 2 aliphatic rings. The summed E-state index contributed by atoms with van der Waals surface area (Å²) in [6, 6.07) is 12.4. The number of alkyl carbamates (subject to hydrolysis) is 1. The molecule has 0 bridgehead atoms. The van der Waals surface area contributed by atoms with E-state index in [2.05, 4.69) is 10.6 Å². The second kappa shape index (κ2) is 15.7. The molecule has 0 spiro atoms. The van der Waals surface area contributed by atoms with Gasteiger partial charge >= 0.3 is 30.0 Å². The summed E-state index contributed by atoms with van der Waals surface area (Å²) in [6.45, 7) is 5.26. The quantitative estimate of drug-likeness (QED) is 0.219. The highest BCUT2D eigenvalue weighted by molar-refractivity contribution is 5.81. The fraction of sp³-hybridized carbons (Fsp3) is 0.455. The number of carbonyl (C=O) groups is 6. The van der Waals surface area contributed by atoms with E-state index in [1.54, 1.807) is 0 Å². The van der Waals surface area contributed by atoms with Gasteiger partial charge in [-0.05, 0) is 29.2 Å². The topological polar surface area (TPSA) is 202 Å². The number of carboxylic acids is 1. The number of esters is 3. The van der Waals surface area contributed by atoms with Crippen molar-refractivity contribution in [1.29, 1.82) is 0 Å². The van der Waals surface area contributed by atoms with Crippen LogP contribution in [0.4, 0.5) is 4.79 Å². The van der Waals surface area contributed by atoms with E-state index < -0.39 is 85.3 Å². The minimum Gasteiger partial charge on any atom is -0.480 e. The van der Waals surface area contributed by atoms with E-state index in [0.717, 1.165) is 49.9 Å². The molecule has 7 atom stereocenters. The van der Waals surface area contributed by atoms with Crippen molar-refractivity contribution >= 4 is 35.9 Å². The number of carboxylic acid groups (broad SMARTS) is 1. The van der Waals surface area contributed by atoms with Gasteiger partial charge in [0.25, 0.3) is 0 Å². The highest BCUT2D eigenvalue weighted by Crippen LogP contribution is 2.44. The molecule has 1 aliphatic heterocycles. The Hall–Kier alpha value is -5.02. The third kappa shape index (κ3) is 8.66. The van der Waals surface area contributed by atoms with Gasteiger partial charge in [0.1, 0.15) is 25.4 Å². The summed E-state index contributed by atoms with van der Waals surface area (Å²) in [5.41, 5.74) is 3.97. The van der Waals surface area contributed by atoms with Crippen LogP contribution in [0.2, 0.25) is 0 Å². The lowest BCUT2D eigenvalue weighted by Gasteiger charge is -2.45. The Morgan fingerprint density at radius 1 is 0.792 bits per heavy atom. The molecule has 1 aliphatic carbocycles. The van der Waals surface area contributed by atoms with Gasteiger partial charge in [0.15, 0.2) is 24.5 Å². The molecule has 1 fully saturated rings. The number of benzene rings is 2. The van der Waals surface area contributed by atoms with Crippen LogP contribution in [0.25, 0.3) is 11.1 Å². The molecule has 1 saturated heterocycles. The summed E-state index contributed by atoms with van der Waals surface area (Å²) < 4.78 is 33.2. The molecular formula is C33H38N2O13. The number of nitrogens with one attached hydrogen (secondary N) is 2. The maximum atomic E-state index is 13.0. The van der Waals surface area contributed by atoms with Crippen LogP contribution in [0.15, 0.2) is 48.5 Å². The SMILES string of the molecule is CC(=O)NC1C(OC(C)C(NC(=O)OCC2c3ccccc3-c3ccccc32)C(=O)O)OC(COC(C)=O)C(OC(C)=O)C1OC(C)=O. The van der Waals surface area contributed by atoms with Crippen LogP contribution in [0.3, 0.4) is 0 Å². The number of carbonyl (C=O) groups excluding carboxylic acids is 5. The summed E-state index contributed by atoms with van der Waals surface area (Å²) >= 11 is 0. The predicted molar refractivity (Wildman–Crippen MR) is 164 cm³/mol.